The number of amidine groups is 1. The summed E-state index contributed by atoms with van der Waals surface area (Å²) < 4.78 is -0.145. The predicted octanol–water partition coefficient (Wildman–Crippen LogP) is 2.95. The van der Waals surface area contributed by atoms with E-state index in [0.717, 1.165) is 42.3 Å². The number of thioether (sulfide) groups is 1. The molecule has 1 heterocycles. The van der Waals surface area contributed by atoms with Gasteiger partial charge in [-0.2, -0.15) is 0 Å². The fraction of sp³-hybridized carbons (Fsp3) is 0.867. The Morgan fingerprint density at radius 1 is 1.26 bits per heavy atom. The maximum atomic E-state index is 12.1. The Balaban J connectivity index is 1.40. The van der Waals surface area contributed by atoms with Gasteiger partial charge in [0.25, 0.3) is 0 Å². The molecular weight excluding hydrogens is 256 g/mol. The molecule has 4 heteroatoms. The van der Waals surface area contributed by atoms with Crippen molar-refractivity contribution >= 4 is 22.8 Å². The second-order valence-electron chi connectivity index (χ2n) is 6.84. The van der Waals surface area contributed by atoms with Crippen LogP contribution in [0.5, 0.6) is 0 Å². The number of aliphatic imine (C=N–C) groups is 1. The summed E-state index contributed by atoms with van der Waals surface area (Å²) in [6.45, 7) is 0.944. The molecule has 0 aromatic heterocycles. The van der Waals surface area contributed by atoms with Crippen LogP contribution < -0.4 is 5.32 Å². The SMILES string of the molecule is O=C1NC(=NC[C@H]2C[C@@H]3CC[C@H]2C3)SC12CCCC2. The van der Waals surface area contributed by atoms with Gasteiger partial charge in [-0.05, 0) is 49.9 Å². The summed E-state index contributed by atoms with van der Waals surface area (Å²) in [5.74, 6) is 2.93. The highest BCUT2D eigenvalue weighted by Gasteiger charge is 2.48. The van der Waals surface area contributed by atoms with Gasteiger partial charge in [-0.25, -0.2) is 0 Å². The van der Waals surface area contributed by atoms with Crippen molar-refractivity contribution in [3.8, 4) is 0 Å². The van der Waals surface area contributed by atoms with Crippen molar-refractivity contribution < 1.29 is 4.79 Å². The Kier molecular flexibility index (Phi) is 2.90. The topological polar surface area (TPSA) is 41.5 Å². The van der Waals surface area contributed by atoms with Crippen LogP contribution in [0.1, 0.15) is 51.4 Å². The largest absolute Gasteiger partial charge is 0.304 e. The fourth-order valence-corrected chi connectivity index (χ4v) is 5.90. The molecular formula is C15H22N2OS. The average molecular weight is 278 g/mol. The summed E-state index contributed by atoms with van der Waals surface area (Å²) in [6.07, 6.45) is 10.2. The number of carbonyl (C=O) groups is 1. The molecule has 2 bridgehead atoms. The predicted molar refractivity (Wildman–Crippen MR) is 78.2 cm³/mol. The third kappa shape index (κ3) is 2.03. The lowest BCUT2D eigenvalue weighted by molar-refractivity contribution is -0.121. The van der Waals surface area contributed by atoms with Gasteiger partial charge in [0, 0.05) is 6.54 Å². The normalized spacial score (nSPS) is 41.6. The molecule has 3 nitrogen and oxygen atoms in total. The highest BCUT2D eigenvalue weighted by atomic mass is 32.2. The van der Waals surface area contributed by atoms with E-state index in [2.05, 4.69) is 5.32 Å². The molecule has 0 aromatic rings. The zero-order chi connectivity index (χ0) is 12.9. The molecule has 4 aliphatic rings. The lowest BCUT2D eigenvalue weighted by Gasteiger charge is -2.19. The van der Waals surface area contributed by atoms with Crippen LogP contribution in [0.2, 0.25) is 0 Å². The van der Waals surface area contributed by atoms with Crippen LogP contribution in [0, 0.1) is 17.8 Å². The van der Waals surface area contributed by atoms with Gasteiger partial charge in [0.15, 0.2) is 5.17 Å². The number of nitrogens with one attached hydrogen (secondary N) is 1. The summed E-state index contributed by atoms with van der Waals surface area (Å²) in [4.78, 5) is 16.9. The average Bonchev–Trinajstić information content (AvgIpc) is 3.15. The van der Waals surface area contributed by atoms with Crippen LogP contribution in [-0.4, -0.2) is 22.4 Å². The van der Waals surface area contributed by atoms with Gasteiger partial charge >= 0.3 is 0 Å². The van der Waals surface area contributed by atoms with E-state index in [1.807, 2.05) is 0 Å². The first-order valence-corrected chi connectivity index (χ1v) is 8.62. The van der Waals surface area contributed by atoms with Crippen molar-refractivity contribution in [1.82, 2.24) is 5.32 Å². The van der Waals surface area contributed by atoms with Crippen molar-refractivity contribution in [3.63, 3.8) is 0 Å². The van der Waals surface area contributed by atoms with E-state index >= 15 is 0 Å². The maximum Gasteiger partial charge on any atom is 0.242 e. The number of hydrogen-bond donors (Lipinski definition) is 1. The number of rotatable bonds is 2. The van der Waals surface area contributed by atoms with E-state index in [9.17, 15) is 4.79 Å². The van der Waals surface area contributed by atoms with Gasteiger partial charge in [-0.3, -0.25) is 9.79 Å². The molecule has 0 aromatic carbocycles. The zero-order valence-electron chi connectivity index (χ0n) is 11.4. The van der Waals surface area contributed by atoms with Gasteiger partial charge in [0.1, 0.15) is 4.75 Å². The molecule has 0 unspecified atom stereocenters. The van der Waals surface area contributed by atoms with E-state index in [4.69, 9.17) is 4.99 Å². The Labute approximate surface area is 119 Å². The quantitative estimate of drug-likeness (QED) is 0.843. The molecule has 1 saturated heterocycles. The second kappa shape index (κ2) is 4.51. The molecule has 1 amide bonds. The molecule has 3 aliphatic carbocycles. The van der Waals surface area contributed by atoms with Gasteiger partial charge in [-0.15, -0.1) is 0 Å². The maximum absolute atomic E-state index is 12.1. The van der Waals surface area contributed by atoms with Crippen LogP contribution >= 0.6 is 11.8 Å². The first-order chi connectivity index (χ1) is 9.25. The Morgan fingerprint density at radius 2 is 2.11 bits per heavy atom. The van der Waals surface area contributed by atoms with E-state index in [1.54, 1.807) is 11.8 Å². The molecule has 0 radical (unpaired) electrons. The lowest BCUT2D eigenvalue weighted by atomic mass is 9.89. The van der Waals surface area contributed by atoms with Crippen LogP contribution in [0.15, 0.2) is 4.99 Å². The van der Waals surface area contributed by atoms with Crippen molar-refractivity contribution in [1.29, 1.82) is 0 Å². The molecule has 3 atom stereocenters. The number of hydrogen-bond acceptors (Lipinski definition) is 3. The summed E-state index contributed by atoms with van der Waals surface area (Å²) >= 11 is 1.72. The number of nitrogens with zero attached hydrogens (tertiary/aromatic N) is 1. The highest BCUT2D eigenvalue weighted by molar-refractivity contribution is 8.16. The van der Waals surface area contributed by atoms with E-state index in [1.165, 1.54) is 38.5 Å². The standard InChI is InChI=1S/C15H22N2OS/c18-13-15(5-1-2-6-15)19-14(17-13)16-9-12-8-10-3-4-11(12)7-10/h10-12H,1-9H2,(H,16,17,18)/t10-,11+,12-/m1/s1. The Bertz CT molecular complexity index is 428. The smallest absolute Gasteiger partial charge is 0.242 e. The number of fused-ring (bicyclic) bond motifs is 2. The summed E-state index contributed by atoms with van der Waals surface area (Å²) in [5.41, 5.74) is 0. The molecule has 1 aliphatic heterocycles. The fourth-order valence-electron chi connectivity index (χ4n) is 4.62. The highest BCUT2D eigenvalue weighted by Crippen LogP contribution is 2.49. The minimum atomic E-state index is -0.145. The second-order valence-corrected chi connectivity index (χ2v) is 8.21. The third-order valence-electron chi connectivity index (χ3n) is 5.69. The van der Waals surface area contributed by atoms with E-state index in [0.29, 0.717) is 0 Å². The zero-order valence-corrected chi connectivity index (χ0v) is 12.2. The molecule has 19 heavy (non-hydrogen) atoms. The first-order valence-electron chi connectivity index (χ1n) is 7.80. The van der Waals surface area contributed by atoms with Crippen LogP contribution in [0.3, 0.4) is 0 Å². The third-order valence-corrected chi connectivity index (χ3v) is 7.10. The van der Waals surface area contributed by atoms with Crippen molar-refractivity contribution in [2.45, 2.75) is 56.1 Å². The molecule has 1 spiro atoms. The van der Waals surface area contributed by atoms with Crippen molar-refractivity contribution in [3.05, 3.63) is 0 Å². The van der Waals surface area contributed by atoms with Crippen LogP contribution in [-0.2, 0) is 4.79 Å². The molecule has 1 N–H and O–H groups in total. The van der Waals surface area contributed by atoms with Crippen molar-refractivity contribution in [2.24, 2.45) is 22.7 Å². The summed E-state index contributed by atoms with van der Waals surface area (Å²) in [5, 5.41) is 3.94. The first kappa shape index (κ1) is 12.2. The van der Waals surface area contributed by atoms with Crippen LogP contribution in [0.4, 0.5) is 0 Å². The van der Waals surface area contributed by atoms with Crippen molar-refractivity contribution in [2.75, 3.05) is 6.54 Å². The molecule has 4 fully saturated rings. The van der Waals surface area contributed by atoms with E-state index < -0.39 is 0 Å². The molecule has 4 rings (SSSR count). The Hall–Kier alpha value is -0.510. The van der Waals surface area contributed by atoms with Crippen LogP contribution in [0.25, 0.3) is 0 Å². The number of amides is 1. The lowest BCUT2D eigenvalue weighted by Crippen LogP contribution is -2.33. The molecule has 3 saturated carbocycles. The minimum Gasteiger partial charge on any atom is -0.304 e. The van der Waals surface area contributed by atoms with Gasteiger partial charge < -0.3 is 5.32 Å². The van der Waals surface area contributed by atoms with Gasteiger partial charge in [0.2, 0.25) is 5.91 Å². The van der Waals surface area contributed by atoms with E-state index in [-0.39, 0.29) is 10.7 Å². The monoisotopic (exact) mass is 278 g/mol. The Morgan fingerprint density at radius 3 is 2.79 bits per heavy atom. The van der Waals surface area contributed by atoms with Gasteiger partial charge in [-0.1, -0.05) is 31.0 Å². The minimum absolute atomic E-state index is 0.145. The number of carbonyl (C=O) groups excluding carboxylic acids is 1. The van der Waals surface area contributed by atoms with Gasteiger partial charge in [0.05, 0.1) is 0 Å². The summed E-state index contributed by atoms with van der Waals surface area (Å²) in [6, 6.07) is 0. The molecule has 104 valence electrons. The summed E-state index contributed by atoms with van der Waals surface area (Å²) in [7, 11) is 0.